The molecule has 0 rings (SSSR count). The van der Waals surface area contributed by atoms with E-state index < -0.39 is 0 Å². The van der Waals surface area contributed by atoms with Crippen molar-refractivity contribution >= 4 is 6.01 Å². The van der Waals surface area contributed by atoms with Gasteiger partial charge in [-0.1, -0.05) is 13.8 Å². The molecular weight excluding hydrogens is 164 g/mol. The summed E-state index contributed by atoms with van der Waals surface area (Å²) in [7, 11) is 1.68. The highest BCUT2D eigenvalue weighted by atomic mass is 15.1. The van der Waals surface area contributed by atoms with Gasteiger partial charge in [-0.3, -0.25) is 0 Å². The normalized spacial score (nSPS) is 9.85. The Balaban J connectivity index is 3.61. The van der Waals surface area contributed by atoms with Gasteiger partial charge in [0.25, 0.3) is 0 Å². The quantitative estimate of drug-likeness (QED) is 0.452. The number of hydrogen-bond donors (Lipinski definition) is 2. The minimum Gasteiger partial charge on any atom is -0.302 e. The van der Waals surface area contributed by atoms with E-state index in [0.717, 1.165) is 26.1 Å². The molecule has 0 aliphatic carbocycles. The Morgan fingerprint density at radius 2 is 1.85 bits per heavy atom. The molecule has 0 aromatic heterocycles. The molecule has 0 saturated heterocycles. The van der Waals surface area contributed by atoms with Crippen molar-refractivity contribution in [2.24, 2.45) is 9.98 Å². The van der Waals surface area contributed by atoms with Crippen molar-refractivity contribution in [2.45, 2.75) is 26.4 Å². The van der Waals surface area contributed by atoms with E-state index in [0.29, 0.717) is 6.17 Å². The minimum atomic E-state index is 0.359. The van der Waals surface area contributed by atoms with E-state index >= 15 is 0 Å². The highest BCUT2D eigenvalue weighted by molar-refractivity contribution is 5.40. The van der Waals surface area contributed by atoms with E-state index in [1.807, 2.05) is 0 Å². The van der Waals surface area contributed by atoms with Crippen molar-refractivity contribution in [2.75, 3.05) is 26.7 Å². The van der Waals surface area contributed by atoms with Crippen LogP contribution in [0.5, 0.6) is 0 Å². The van der Waals surface area contributed by atoms with E-state index in [1.165, 1.54) is 0 Å². The van der Waals surface area contributed by atoms with Crippen molar-refractivity contribution in [1.29, 1.82) is 0 Å². The van der Waals surface area contributed by atoms with Gasteiger partial charge in [0.15, 0.2) is 0 Å². The zero-order chi connectivity index (χ0) is 9.94. The van der Waals surface area contributed by atoms with Gasteiger partial charge in [0.05, 0.1) is 18.7 Å². The monoisotopic (exact) mass is 184 g/mol. The highest BCUT2D eigenvalue weighted by Crippen LogP contribution is 1.87. The van der Waals surface area contributed by atoms with Crippen LogP contribution < -0.4 is 10.6 Å². The molecule has 0 aliphatic heterocycles. The van der Waals surface area contributed by atoms with Crippen LogP contribution in [0.15, 0.2) is 9.98 Å². The summed E-state index contributed by atoms with van der Waals surface area (Å²) in [6.45, 7) is 6.91. The Morgan fingerprint density at radius 3 is 2.31 bits per heavy atom. The summed E-state index contributed by atoms with van der Waals surface area (Å²) in [5.41, 5.74) is 0. The second kappa shape index (κ2) is 9.39. The third kappa shape index (κ3) is 7.65. The average Bonchev–Trinajstić information content (AvgIpc) is 2.13. The van der Waals surface area contributed by atoms with Crippen molar-refractivity contribution in [1.82, 2.24) is 10.6 Å². The standard InChI is InChI=1S/C9H20N4/c1-4-12-9(13-5-2)6-7-11-8-10-3/h9,12-13H,4-7H2,1-3H3. The first-order chi connectivity index (χ1) is 6.35. The summed E-state index contributed by atoms with van der Waals surface area (Å²) in [6.07, 6.45) is 1.34. The molecule has 0 atom stereocenters. The van der Waals surface area contributed by atoms with Crippen LogP contribution in [0, 0.1) is 0 Å². The summed E-state index contributed by atoms with van der Waals surface area (Å²) in [5.74, 6) is 0. The lowest BCUT2D eigenvalue weighted by molar-refractivity contribution is 0.424. The molecule has 0 aromatic carbocycles. The Labute approximate surface area is 80.5 Å². The van der Waals surface area contributed by atoms with Crippen LogP contribution in [0.3, 0.4) is 0 Å². The SMILES string of the molecule is CCNC(CCN=C=NC)NCC. The van der Waals surface area contributed by atoms with Crippen LogP contribution in [-0.4, -0.2) is 38.9 Å². The number of nitrogens with one attached hydrogen (secondary N) is 2. The predicted octanol–water partition coefficient (Wildman–Crippen LogP) is 0.725. The Morgan fingerprint density at radius 1 is 1.23 bits per heavy atom. The Bertz CT molecular complexity index is 155. The predicted molar refractivity (Wildman–Crippen MR) is 56.4 cm³/mol. The average molecular weight is 184 g/mol. The molecule has 0 unspecified atom stereocenters. The fourth-order valence-electron chi connectivity index (χ4n) is 1.08. The van der Waals surface area contributed by atoms with Crippen LogP contribution in [0.4, 0.5) is 0 Å². The van der Waals surface area contributed by atoms with E-state index in [4.69, 9.17) is 0 Å². The molecule has 0 fully saturated rings. The number of rotatable bonds is 7. The Hall–Kier alpha value is -0.700. The van der Waals surface area contributed by atoms with Crippen LogP contribution in [0.2, 0.25) is 0 Å². The first kappa shape index (κ1) is 12.3. The van der Waals surface area contributed by atoms with Crippen molar-refractivity contribution in [3.8, 4) is 0 Å². The second-order valence-electron chi connectivity index (χ2n) is 2.66. The van der Waals surface area contributed by atoms with Crippen LogP contribution in [0.25, 0.3) is 0 Å². The summed E-state index contributed by atoms with van der Waals surface area (Å²) in [6, 6.07) is 2.58. The number of hydrogen-bond acceptors (Lipinski definition) is 4. The molecule has 0 radical (unpaired) electrons. The lowest BCUT2D eigenvalue weighted by atomic mass is 10.3. The summed E-state index contributed by atoms with van der Waals surface area (Å²) in [4.78, 5) is 7.66. The molecule has 0 bridgehead atoms. The molecule has 13 heavy (non-hydrogen) atoms. The van der Waals surface area contributed by atoms with E-state index in [1.54, 1.807) is 7.05 Å². The van der Waals surface area contributed by atoms with Gasteiger partial charge in [0, 0.05) is 7.05 Å². The molecular formula is C9H20N4. The van der Waals surface area contributed by atoms with Crippen LogP contribution >= 0.6 is 0 Å². The summed E-state index contributed by atoms with van der Waals surface area (Å²) >= 11 is 0. The van der Waals surface area contributed by atoms with Crippen LogP contribution in [-0.2, 0) is 0 Å². The molecule has 76 valence electrons. The molecule has 2 N–H and O–H groups in total. The van der Waals surface area contributed by atoms with Crippen molar-refractivity contribution in [3.63, 3.8) is 0 Å². The molecule has 4 nitrogen and oxygen atoms in total. The maximum absolute atomic E-state index is 4.00. The van der Waals surface area contributed by atoms with Gasteiger partial charge in [-0.05, 0) is 19.5 Å². The third-order valence-corrected chi connectivity index (χ3v) is 1.60. The summed E-state index contributed by atoms with van der Waals surface area (Å²) in [5, 5.41) is 6.66. The number of nitrogens with zero attached hydrogens (tertiary/aromatic N) is 2. The molecule has 0 heterocycles. The van der Waals surface area contributed by atoms with Gasteiger partial charge >= 0.3 is 0 Å². The smallest absolute Gasteiger partial charge is 0.0889 e. The van der Waals surface area contributed by atoms with Crippen molar-refractivity contribution in [3.05, 3.63) is 0 Å². The van der Waals surface area contributed by atoms with E-state index in [2.05, 4.69) is 40.5 Å². The topological polar surface area (TPSA) is 48.8 Å². The van der Waals surface area contributed by atoms with Crippen LogP contribution in [0.1, 0.15) is 20.3 Å². The van der Waals surface area contributed by atoms with Gasteiger partial charge in [-0.2, -0.15) is 0 Å². The first-order valence-electron chi connectivity index (χ1n) is 4.82. The minimum absolute atomic E-state index is 0.359. The van der Waals surface area contributed by atoms with E-state index in [9.17, 15) is 0 Å². The maximum atomic E-state index is 4.00. The fourth-order valence-corrected chi connectivity index (χ4v) is 1.08. The van der Waals surface area contributed by atoms with Gasteiger partial charge < -0.3 is 10.6 Å². The number of aliphatic imine (C=N–C) groups is 2. The first-order valence-corrected chi connectivity index (χ1v) is 4.82. The largest absolute Gasteiger partial charge is 0.302 e. The fraction of sp³-hybridized carbons (Fsp3) is 0.889. The lowest BCUT2D eigenvalue weighted by Crippen LogP contribution is -2.42. The second-order valence-corrected chi connectivity index (χ2v) is 2.66. The maximum Gasteiger partial charge on any atom is 0.0889 e. The third-order valence-electron chi connectivity index (χ3n) is 1.60. The Kier molecular flexibility index (Phi) is 8.88. The van der Waals surface area contributed by atoms with Gasteiger partial charge in [0.2, 0.25) is 0 Å². The highest BCUT2D eigenvalue weighted by Gasteiger charge is 2.02. The van der Waals surface area contributed by atoms with Gasteiger partial charge in [-0.15, -0.1) is 0 Å². The van der Waals surface area contributed by atoms with E-state index in [-0.39, 0.29) is 0 Å². The molecule has 0 saturated carbocycles. The lowest BCUT2D eigenvalue weighted by Gasteiger charge is -2.16. The molecule has 0 aromatic rings. The summed E-state index contributed by atoms with van der Waals surface area (Å²) < 4.78 is 0. The molecule has 0 aliphatic rings. The van der Waals surface area contributed by atoms with Gasteiger partial charge in [0.1, 0.15) is 0 Å². The molecule has 0 amide bonds. The zero-order valence-electron chi connectivity index (χ0n) is 8.80. The van der Waals surface area contributed by atoms with Gasteiger partial charge in [-0.25, -0.2) is 9.98 Å². The molecule has 0 spiro atoms. The zero-order valence-corrected chi connectivity index (χ0v) is 8.80. The molecule has 4 heteroatoms. The van der Waals surface area contributed by atoms with Crippen molar-refractivity contribution < 1.29 is 0 Å².